The van der Waals surface area contributed by atoms with Crippen molar-refractivity contribution in [1.82, 2.24) is 5.32 Å². The molecule has 0 radical (unpaired) electrons. The van der Waals surface area contributed by atoms with E-state index in [0.29, 0.717) is 12.0 Å². The van der Waals surface area contributed by atoms with E-state index in [1.165, 1.54) is 24.3 Å². The van der Waals surface area contributed by atoms with Crippen molar-refractivity contribution in [2.75, 3.05) is 11.5 Å². The number of amides is 1. The van der Waals surface area contributed by atoms with Gasteiger partial charge in [-0.3, -0.25) is 4.79 Å². The average Bonchev–Trinajstić information content (AvgIpc) is 2.68. The summed E-state index contributed by atoms with van der Waals surface area (Å²) in [5.41, 5.74) is 0.411. The second kappa shape index (κ2) is 5.00. The van der Waals surface area contributed by atoms with Gasteiger partial charge in [-0.25, -0.2) is 13.2 Å². The van der Waals surface area contributed by atoms with Crippen LogP contribution in [-0.2, 0) is 9.84 Å². The Balaban J connectivity index is 2.02. The van der Waals surface area contributed by atoms with Gasteiger partial charge >= 0.3 is 5.97 Å². The number of carbonyl (C=O) groups is 2. The molecule has 1 saturated heterocycles. The Hall–Kier alpha value is -1.89. The minimum Gasteiger partial charge on any atom is -0.478 e. The lowest BCUT2D eigenvalue weighted by molar-refractivity contribution is 0.0696. The summed E-state index contributed by atoms with van der Waals surface area (Å²) in [6.07, 6.45) is 0.418. The highest BCUT2D eigenvalue weighted by Crippen LogP contribution is 2.12. The molecule has 0 aliphatic carbocycles. The topological polar surface area (TPSA) is 101 Å². The van der Waals surface area contributed by atoms with Crippen LogP contribution in [0.5, 0.6) is 0 Å². The first-order chi connectivity index (χ1) is 8.87. The van der Waals surface area contributed by atoms with E-state index in [2.05, 4.69) is 5.32 Å². The normalized spacial score (nSPS) is 20.9. The predicted octanol–water partition coefficient (Wildman–Crippen LogP) is 0.302. The van der Waals surface area contributed by atoms with E-state index < -0.39 is 15.8 Å². The van der Waals surface area contributed by atoms with E-state index >= 15 is 0 Å². The minimum atomic E-state index is -3.03. The Labute approximate surface area is 110 Å². The van der Waals surface area contributed by atoms with Crippen molar-refractivity contribution in [1.29, 1.82) is 0 Å². The van der Waals surface area contributed by atoms with Crippen molar-refractivity contribution >= 4 is 21.7 Å². The first-order valence-corrected chi connectivity index (χ1v) is 7.54. The van der Waals surface area contributed by atoms with E-state index in [9.17, 15) is 18.0 Å². The molecular weight excluding hydrogens is 270 g/mol. The van der Waals surface area contributed by atoms with Crippen LogP contribution < -0.4 is 5.32 Å². The van der Waals surface area contributed by atoms with Crippen molar-refractivity contribution in [2.45, 2.75) is 12.5 Å². The summed E-state index contributed by atoms with van der Waals surface area (Å²) in [4.78, 5) is 22.5. The van der Waals surface area contributed by atoms with Gasteiger partial charge in [0.05, 0.1) is 17.1 Å². The number of nitrogens with one attached hydrogen (secondary N) is 1. The molecule has 0 spiro atoms. The second-order valence-electron chi connectivity index (χ2n) is 4.46. The molecule has 0 aromatic heterocycles. The van der Waals surface area contributed by atoms with Crippen LogP contribution in [-0.4, -0.2) is 42.9 Å². The number of carbonyl (C=O) groups excluding carboxylic acids is 1. The molecule has 7 heteroatoms. The van der Waals surface area contributed by atoms with Crippen LogP contribution in [0.1, 0.15) is 27.1 Å². The Kier molecular flexibility index (Phi) is 3.57. The maximum absolute atomic E-state index is 11.8. The fourth-order valence-corrected chi connectivity index (χ4v) is 3.62. The maximum atomic E-state index is 11.8. The van der Waals surface area contributed by atoms with Gasteiger partial charge in [0.2, 0.25) is 0 Å². The molecule has 1 aliphatic rings. The molecule has 1 aromatic carbocycles. The van der Waals surface area contributed by atoms with Gasteiger partial charge < -0.3 is 10.4 Å². The lowest BCUT2D eigenvalue weighted by Gasteiger charge is -2.10. The second-order valence-corrected chi connectivity index (χ2v) is 6.68. The number of carboxylic acid groups (broad SMARTS) is 1. The summed E-state index contributed by atoms with van der Waals surface area (Å²) in [6, 6.07) is 5.12. The summed E-state index contributed by atoms with van der Waals surface area (Å²) in [6.45, 7) is 0. The molecule has 0 unspecified atom stereocenters. The van der Waals surface area contributed by atoms with Crippen molar-refractivity contribution in [3.8, 4) is 0 Å². The van der Waals surface area contributed by atoms with Crippen LogP contribution in [0.25, 0.3) is 0 Å². The molecule has 1 fully saturated rings. The number of aromatic carboxylic acids is 1. The summed E-state index contributed by atoms with van der Waals surface area (Å²) in [5.74, 6) is -1.39. The van der Waals surface area contributed by atoms with Gasteiger partial charge in [-0.1, -0.05) is 0 Å². The molecule has 1 heterocycles. The third-order valence-corrected chi connectivity index (χ3v) is 4.73. The highest BCUT2D eigenvalue weighted by Gasteiger charge is 2.29. The van der Waals surface area contributed by atoms with Gasteiger partial charge in [0.25, 0.3) is 5.91 Å². The zero-order valence-corrected chi connectivity index (χ0v) is 10.8. The Morgan fingerprint density at radius 3 is 2.21 bits per heavy atom. The fourth-order valence-electron chi connectivity index (χ4n) is 1.94. The summed E-state index contributed by atoms with van der Waals surface area (Å²) in [7, 11) is -3.03. The SMILES string of the molecule is O=C(O)c1ccc(C(=O)N[C@H]2CCS(=O)(=O)C2)cc1. The molecule has 0 saturated carbocycles. The van der Waals surface area contributed by atoms with Gasteiger partial charge in [0.15, 0.2) is 9.84 Å². The molecule has 1 aliphatic heterocycles. The van der Waals surface area contributed by atoms with Crippen molar-refractivity contribution in [3.63, 3.8) is 0 Å². The van der Waals surface area contributed by atoms with Crippen LogP contribution in [0.2, 0.25) is 0 Å². The largest absolute Gasteiger partial charge is 0.478 e. The fraction of sp³-hybridized carbons (Fsp3) is 0.333. The van der Waals surface area contributed by atoms with E-state index in [1.54, 1.807) is 0 Å². The average molecular weight is 283 g/mol. The van der Waals surface area contributed by atoms with E-state index in [0.717, 1.165) is 0 Å². The Morgan fingerprint density at radius 2 is 1.74 bits per heavy atom. The Bertz CT molecular complexity index is 606. The molecule has 2 rings (SSSR count). The van der Waals surface area contributed by atoms with E-state index in [1.807, 2.05) is 0 Å². The molecule has 102 valence electrons. The molecular formula is C12H13NO5S. The smallest absolute Gasteiger partial charge is 0.335 e. The number of benzene rings is 1. The van der Waals surface area contributed by atoms with Gasteiger partial charge in [0.1, 0.15) is 0 Å². The number of hydrogen-bond donors (Lipinski definition) is 2. The summed E-state index contributed by atoms with van der Waals surface area (Å²) >= 11 is 0. The molecule has 1 atom stereocenters. The first kappa shape index (κ1) is 13.5. The molecule has 0 bridgehead atoms. The van der Waals surface area contributed by atoms with E-state index in [4.69, 9.17) is 5.11 Å². The van der Waals surface area contributed by atoms with Crippen molar-refractivity contribution in [2.24, 2.45) is 0 Å². The summed E-state index contributed by atoms with van der Waals surface area (Å²) < 4.78 is 22.5. The third kappa shape index (κ3) is 3.31. The van der Waals surface area contributed by atoms with Crippen molar-refractivity contribution in [3.05, 3.63) is 35.4 Å². The number of sulfone groups is 1. The van der Waals surface area contributed by atoms with Crippen molar-refractivity contribution < 1.29 is 23.1 Å². The lowest BCUT2D eigenvalue weighted by atomic mass is 10.1. The zero-order valence-electron chi connectivity index (χ0n) is 10.00. The minimum absolute atomic E-state index is 0.0358. The molecule has 19 heavy (non-hydrogen) atoms. The third-order valence-electron chi connectivity index (χ3n) is 2.96. The zero-order chi connectivity index (χ0) is 14.0. The van der Waals surface area contributed by atoms with Gasteiger partial charge in [-0.2, -0.15) is 0 Å². The highest BCUT2D eigenvalue weighted by atomic mass is 32.2. The van der Waals surface area contributed by atoms with Crippen LogP contribution >= 0.6 is 0 Å². The van der Waals surface area contributed by atoms with E-state index in [-0.39, 0.29) is 29.0 Å². The molecule has 6 nitrogen and oxygen atoms in total. The first-order valence-electron chi connectivity index (χ1n) is 5.72. The van der Waals surface area contributed by atoms with Crippen LogP contribution in [0.4, 0.5) is 0 Å². The number of rotatable bonds is 3. The van der Waals surface area contributed by atoms with Gasteiger partial charge in [0, 0.05) is 11.6 Å². The number of carboxylic acids is 1. The standard InChI is InChI=1S/C12H13NO5S/c14-11(13-10-5-6-19(17,18)7-10)8-1-3-9(4-2-8)12(15)16/h1-4,10H,5-7H2,(H,13,14)(H,15,16)/t10-/m0/s1. The van der Waals surface area contributed by atoms with Gasteiger partial charge in [-0.05, 0) is 30.7 Å². The van der Waals surface area contributed by atoms with Crippen LogP contribution in [0, 0.1) is 0 Å². The predicted molar refractivity (Wildman–Crippen MR) is 67.9 cm³/mol. The molecule has 1 aromatic rings. The summed E-state index contributed by atoms with van der Waals surface area (Å²) in [5, 5.41) is 11.4. The lowest BCUT2D eigenvalue weighted by Crippen LogP contribution is -2.35. The quantitative estimate of drug-likeness (QED) is 0.831. The van der Waals surface area contributed by atoms with Crippen LogP contribution in [0.15, 0.2) is 24.3 Å². The Morgan fingerprint density at radius 1 is 1.16 bits per heavy atom. The highest BCUT2D eigenvalue weighted by molar-refractivity contribution is 7.91. The molecule has 1 amide bonds. The number of hydrogen-bond acceptors (Lipinski definition) is 4. The monoisotopic (exact) mass is 283 g/mol. The van der Waals surface area contributed by atoms with Gasteiger partial charge in [-0.15, -0.1) is 0 Å². The van der Waals surface area contributed by atoms with Crippen LogP contribution in [0.3, 0.4) is 0 Å². The molecule has 2 N–H and O–H groups in total. The maximum Gasteiger partial charge on any atom is 0.335 e.